The Labute approximate surface area is 239 Å². The van der Waals surface area contributed by atoms with E-state index in [2.05, 4.69) is 48.9 Å². The lowest BCUT2D eigenvalue weighted by molar-refractivity contribution is 0.285. The fourth-order valence-corrected chi connectivity index (χ4v) is 6.68. The molecule has 0 saturated carbocycles. The predicted octanol–water partition coefficient (Wildman–Crippen LogP) is 4.75. The molecule has 0 aliphatic carbocycles. The Morgan fingerprint density at radius 3 is 2.62 bits per heavy atom. The second-order valence-electron chi connectivity index (χ2n) is 10.5. The summed E-state index contributed by atoms with van der Waals surface area (Å²) in [5.41, 5.74) is 2.46. The number of anilines is 1. The maximum absolute atomic E-state index is 12.2. The number of hydrogen-bond acceptors (Lipinski definition) is 8. The van der Waals surface area contributed by atoms with Crippen LogP contribution in [0.4, 0.5) is 5.82 Å². The first-order valence-electron chi connectivity index (χ1n) is 12.7. The van der Waals surface area contributed by atoms with Crippen molar-refractivity contribution in [2.75, 3.05) is 18.0 Å². The molecule has 12 heteroatoms. The summed E-state index contributed by atoms with van der Waals surface area (Å²) in [7, 11) is 0. The lowest BCUT2D eigenvalue weighted by Gasteiger charge is -2.41. The Kier molecular flexibility index (Phi) is 6.96. The van der Waals surface area contributed by atoms with E-state index in [9.17, 15) is 4.55 Å². The highest BCUT2D eigenvalue weighted by atomic mass is 35.5. The Balaban J connectivity index is 1.16. The first-order chi connectivity index (χ1) is 18.8. The van der Waals surface area contributed by atoms with E-state index in [-0.39, 0.29) is 5.41 Å². The number of rotatable bonds is 6. The zero-order chi connectivity index (χ0) is 27.2. The number of nitrogens with two attached hydrogens (primary N) is 1. The number of halogens is 1. The summed E-state index contributed by atoms with van der Waals surface area (Å²) in [6.07, 6.45) is 15.0. The smallest absolute Gasteiger partial charge is 0.173 e. The number of fused-ring (bicyclic) bond motifs is 1. The van der Waals surface area contributed by atoms with E-state index < -0.39 is 16.1 Å². The molecule has 0 amide bonds. The summed E-state index contributed by atoms with van der Waals surface area (Å²) in [5.74, 6) is 1.44. The van der Waals surface area contributed by atoms with Crippen molar-refractivity contribution in [3.8, 4) is 5.82 Å². The van der Waals surface area contributed by atoms with Crippen LogP contribution < -0.4 is 10.0 Å². The van der Waals surface area contributed by atoms with E-state index >= 15 is 0 Å². The van der Waals surface area contributed by atoms with Crippen molar-refractivity contribution in [1.82, 2.24) is 29.3 Å². The van der Waals surface area contributed by atoms with Crippen LogP contribution in [0.5, 0.6) is 0 Å². The summed E-state index contributed by atoms with van der Waals surface area (Å²) >= 11 is 6.62. The van der Waals surface area contributed by atoms with Crippen LogP contribution in [0.2, 0.25) is 5.02 Å². The van der Waals surface area contributed by atoms with Gasteiger partial charge in [-0.1, -0.05) is 23.4 Å². The number of hydrogen-bond donors (Lipinski definition) is 1. The van der Waals surface area contributed by atoms with Crippen LogP contribution in [-0.2, 0) is 17.9 Å². The van der Waals surface area contributed by atoms with E-state index in [4.69, 9.17) is 21.7 Å². The summed E-state index contributed by atoms with van der Waals surface area (Å²) in [6.45, 7) is 6.53. The topological polar surface area (TPSA) is 114 Å². The van der Waals surface area contributed by atoms with Crippen molar-refractivity contribution in [2.24, 2.45) is 10.6 Å². The molecule has 2 aliphatic heterocycles. The van der Waals surface area contributed by atoms with Crippen LogP contribution in [0.1, 0.15) is 32.4 Å². The first kappa shape index (κ1) is 26.4. The fourth-order valence-electron chi connectivity index (χ4n) is 5.39. The van der Waals surface area contributed by atoms with Gasteiger partial charge in [-0.15, -0.1) is 0 Å². The second kappa shape index (κ2) is 10.3. The molecule has 6 rings (SSSR count). The van der Waals surface area contributed by atoms with Crippen molar-refractivity contribution in [1.29, 1.82) is 0 Å². The van der Waals surface area contributed by atoms with Crippen LogP contribution >= 0.6 is 23.4 Å². The summed E-state index contributed by atoms with van der Waals surface area (Å²) in [6, 6.07) is 7.92. The molecule has 0 radical (unpaired) electrons. The van der Waals surface area contributed by atoms with E-state index in [1.165, 1.54) is 23.0 Å². The van der Waals surface area contributed by atoms with Gasteiger partial charge in [0.1, 0.15) is 10.8 Å². The molecule has 2 aliphatic rings. The second-order valence-corrected chi connectivity index (χ2v) is 13.5. The Hall–Kier alpha value is -2.83. The lowest BCUT2D eigenvalue weighted by Crippen LogP contribution is -2.42. The molecule has 39 heavy (non-hydrogen) atoms. The zero-order valence-corrected chi connectivity index (χ0v) is 24.1. The molecule has 1 fully saturated rings. The van der Waals surface area contributed by atoms with Gasteiger partial charge in [0, 0.05) is 71.8 Å². The Morgan fingerprint density at radius 1 is 1.10 bits per heavy atom. The molecule has 4 aromatic heterocycles. The molecule has 0 bridgehead atoms. The Morgan fingerprint density at radius 2 is 1.92 bits per heavy atom. The minimum absolute atomic E-state index is 0.00265. The maximum atomic E-state index is 12.2. The number of pyridine rings is 1. The molecule has 1 spiro atoms. The minimum Gasteiger partial charge on any atom is -0.598 e. The molecule has 9 nitrogen and oxygen atoms in total. The minimum atomic E-state index is -1.45. The van der Waals surface area contributed by atoms with Crippen molar-refractivity contribution in [2.45, 2.75) is 47.9 Å². The van der Waals surface area contributed by atoms with E-state index in [0.717, 1.165) is 48.2 Å². The monoisotopic (exact) mass is 580 g/mol. The van der Waals surface area contributed by atoms with Gasteiger partial charge in [-0.2, -0.15) is 10.2 Å². The zero-order valence-electron chi connectivity index (χ0n) is 21.7. The molecule has 4 aromatic rings. The molecule has 6 heterocycles. The molecule has 0 aromatic carbocycles. The highest BCUT2D eigenvalue weighted by molar-refractivity contribution is 7.99. The van der Waals surface area contributed by atoms with Crippen LogP contribution in [0.25, 0.3) is 11.4 Å². The van der Waals surface area contributed by atoms with Crippen molar-refractivity contribution < 1.29 is 4.55 Å². The lowest BCUT2D eigenvalue weighted by atomic mass is 9.72. The summed E-state index contributed by atoms with van der Waals surface area (Å²) in [5, 5.41) is 11.3. The van der Waals surface area contributed by atoms with E-state index in [0.29, 0.717) is 10.8 Å². The quantitative estimate of drug-likeness (QED) is 0.325. The standard InChI is InChI=1S/C27H29ClN8OS2/c1-26(2,39(29)37)15-19-20-5-3-11-35(20)18-27(19)7-13-34(14-8-27)22-16-32-23(17-31-22)38-21-6-10-30-25(24(21)28)36-12-4-9-33-36/h3-6,9-12,15-17H,7-8,13-14,18,29H2,1-2H3. The van der Waals surface area contributed by atoms with Crippen LogP contribution in [0.15, 0.2) is 77.4 Å². The predicted molar refractivity (Wildman–Crippen MR) is 155 cm³/mol. The molecule has 1 saturated heterocycles. The number of allylic oxidation sites excluding steroid dienone is 1. The van der Waals surface area contributed by atoms with Gasteiger partial charge < -0.3 is 14.0 Å². The molecule has 2 N–H and O–H groups in total. The van der Waals surface area contributed by atoms with Crippen molar-refractivity contribution >= 4 is 46.1 Å². The van der Waals surface area contributed by atoms with Gasteiger partial charge in [0.05, 0.1) is 17.4 Å². The molecular formula is C27H29ClN8OS2. The Bertz CT molecular complexity index is 1490. The van der Waals surface area contributed by atoms with Crippen LogP contribution in [0, 0.1) is 5.41 Å². The van der Waals surface area contributed by atoms with Gasteiger partial charge in [-0.3, -0.25) is 0 Å². The third kappa shape index (κ3) is 4.98. The normalized spacial score (nSPS) is 18.6. The highest BCUT2D eigenvalue weighted by Gasteiger charge is 2.46. The molecule has 1 unspecified atom stereocenters. The third-order valence-corrected chi connectivity index (χ3v) is 10.2. The summed E-state index contributed by atoms with van der Waals surface area (Å²) in [4.78, 5) is 16.9. The largest absolute Gasteiger partial charge is 0.598 e. The molecule has 1 atom stereocenters. The number of nitrogens with zero attached hydrogens (tertiary/aromatic N) is 7. The SMILES string of the molecule is CC(C)(C=C1c2cccn2CC12CCN(c1cnc(Sc3ccnc(-n4cccn4)c3Cl)cn1)CC2)[S+](N)[O-]. The van der Waals surface area contributed by atoms with Gasteiger partial charge in [-0.05, 0) is 62.6 Å². The first-order valence-corrected chi connectivity index (χ1v) is 15.1. The summed E-state index contributed by atoms with van der Waals surface area (Å²) < 4.78 is 15.6. The third-order valence-electron chi connectivity index (χ3n) is 7.59. The van der Waals surface area contributed by atoms with Crippen LogP contribution in [-0.4, -0.2) is 51.7 Å². The van der Waals surface area contributed by atoms with Gasteiger partial charge >= 0.3 is 0 Å². The average molecular weight is 581 g/mol. The highest BCUT2D eigenvalue weighted by Crippen LogP contribution is 2.51. The van der Waals surface area contributed by atoms with E-state index in [1.54, 1.807) is 23.3 Å². The average Bonchev–Trinajstić information content (AvgIpc) is 3.66. The maximum Gasteiger partial charge on any atom is 0.173 e. The number of piperidine rings is 1. The molecular weight excluding hydrogens is 552 g/mol. The van der Waals surface area contributed by atoms with Crippen LogP contribution in [0.3, 0.4) is 0 Å². The number of aromatic nitrogens is 6. The van der Waals surface area contributed by atoms with E-state index in [1.807, 2.05) is 38.4 Å². The fraction of sp³-hybridized carbons (Fsp3) is 0.333. The van der Waals surface area contributed by atoms with Crippen molar-refractivity contribution in [3.05, 3.63) is 78.2 Å². The van der Waals surface area contributed by atoms with Gasteiger partial charge in [0.25, 0.3) is 0 Å². The molecule has 202 valence electrons. The van der Waals surface area contributed by atoms with Crippen molar-refractivity contribution in [3.63, 3.8) is 0 Å². The van der Waals surface area contributed by atoms with Gasteiger partial charge in [0.15, 0.2) is 10.6 Å². The van der Waals surface area contributed by atoms with Gasteiger partial charge in [0.2, 0.25) is 0 Å². The van der Waals surface area contributed by atoms with Gasteiger partial charge in [-0.25, -0.2) is 19.6 Å².